The molecule has 1 amide bonds. The number of anilines is 2. The molecule has 2 heterocycles. The first-order valence-electron chi connectivity index (χ1n) is 14.7. The Hall–Kier alpha value is -4.64. The lowest BCUT2D eigenvalue weighted by atomic mass is 9.83. The molecule has 0 saturated heterocycles. The van der Waals surface area contributed by atoms with Crippen LogP contribution in [0, 0.1) is 22.7 Å². The van der Waals surface area contributed by atoms with Gasteiger partial charge in [0.2, 0.25) is 5.91 Å². The number of pyridine rings is 1. The third-order valence-corrected chi connectivity index (χ3v) is 10.2. The van der Waals surface area contributed by atoms with Gasteiger partial charge in [-0.3, -0.25) is 4.79 Å². The van der Waals surface area contributed by atoms with Crippen molar-refractivity contribution in [3.05, 3.63) is 92.9 Å². The molecule has 0 saturated carbocycles. The third-order valence-electron chi connectivity index (χ3n) is 8.03. The van der Waals surface area contributed by atoms with Crippen molar-refractivity contribution in [1.82, 2.24) is 4.98 Å². The fraction of sp³-hybridized carbons (Fsp3) is 0.286. The van der Waals surface area contributed by atoms with Crippen molar-refractivity contribution in [3.8, 4) is 23.3 Å². The van der Waals surface area contributed by atoms with Crippen molar-refractivity contribution in [3.63, 3.8) is 0 Å². The second-order valence-electron chi connectivity index (χ2n) is 11.1. The number of rotatable bonds is 9. The highest BCUT2D eigenvalue weighted by molar-refractivity contribution is 7.99. The molecule has 8 nitrogen and oxygen atoms in total. The number of thioether (sulfide) groups is 1. The Bertz CT molecular complexity index is 1820. The SMILES string of the molecule is COC(=O)c1c(NC(=O)CCSc2nc(N)c(C#N)c(-c3ccc(C(C)C)cc3)c2C#N)sc2c1CCC(c1ccccc1)C2. The number of ether oxygens (including phenoxy) is 1. The number of carbonyl (C=O) groups is 2. The van der Waals surface area contributed by atoms with Crippen LogP contribution in [0.3, 0.4) is 0 Å². The van der Waals surface area contributed by atoms with Crippen LogP contribution in [-0.4, -0.2) is 29.7 Å². The summed E-state index contributed by atoms with van der Waals surface area (Å²) in [5.41, 5.74) is 11.5. The molecule has 0 aliphatic heterocycles. The molecular weight excluding hydrogens is 603 g/mol. The number of nitrogens with one attached hydrogen (secondary N) is 1. The van der Waals surface area contributed by atoms with Crippen molar-refractivity contribution in [2.24, 2.45) is 0 Å². The summed E-state index contributed by atoms with van der Waals surface area (Å²) in [6.45, 7) is 4.19. The summed E-state index contributed by atoms with van der Waals surface area (Å²) in [7, 11) is 1.35. The quantitative estimate of drug-likeness (QED) is 0.143. The van der Waals surface area contributed by atoms with Crippen LogP contribution in [0.15, 0.2) is 59.6 Å². The number of benzene rings is 2. The molecule has 3 N–H and O–H groups in total. The first-order chi connectivity index (χ1) is 21.7. The van der Waals surface area contributed by atoms with Crippen LogP contribution >= 0.6 is 23.1 Å². The largest absolute Gasteiger partial charge is 0.465 e. The average Bonchev–Trinajstić information content (AvgIpc) is 3.41. The molecular formula is C35H33N5O3S2. The highest BCUT2D eigenvalue weighted by Crippen LogP contribution is 2.43. The number of aromatic nitrogens is 1. The Balaban J connectivity index is 1.33. The number of nitriles is 2. The van der Waals surface area contributed by atoms with Gasteiger partial charge in [0, 0.05) is 22.6 Å². The van der Waals surface area contributed by atoms with Crippen LogP contribution in [-0.2, 0) is 22.4 Å². The Kier molecular flexibility index (Phi) is 9.87. The number of fused-ring (bicyclic) bond motifs is 1. The van der Waals surface area contributed by atoms with Gasteiger partial charge in [0.1, 0.15) is 33.5 Å². The maximum Gasteiger partial charge on any atom is 0.341 e. The van der Waals surface area contributed by atoms with Crippen LogP contribution in [0.1, 0.15) is 81.6 Å². The van der Waals surface area contributed by atoms with E-state index < -0.39 is 5.97 Å². The minimum absolute atomic E-state index is 0.0343. The van der Waals surface area contributed by atoms with E-state index in [1.165, 1.54) is 35.8 Å². The van der Waals surface area contributed by atoms with E-state index in [2.05, 4.69) is 48.4 Å². The van der Waals surface area contributed by atoms with E-state index >= 15 is 0 Å². The van der Waals surface area contributed by atoms with Crippen LogP contribution in [0.2, 0.25) is 0 Å². The van der Waals surface area contributed by atoms with E-state index in [0.29, 0.717) is 44.3 Å². The zero-order valence-electron chi connectivity index (χ0n) is 25.3. The summed E-state index contributed by atoms with van der Waals surface area (Å²) in [4.78, 5) is 31.4. The molecule has 45 heavy (non-hydrogen) atoms. The molecule has 0 bridgehead atoms. The fourth-order valence-corrected chi connectivity index (χ4v) is 7.92. The third kappa shape index (κ3) is 6.73. The lowest BCUT2D eigenvalue weighted by molar-refractivity contribution is -0.115. The Morgan fingerprint density at radius 1 is 1.11 bits per heavy atom. The number of carbonyl (C=O) groups excluding carboxylic acids is 2. The van der Waals surface area contributed by atoms with E-state index in [4.69, 9.17) is 10.5 Å². The summed E-state index contributed by atoms with van der Waals surface area (Å²) >= 11 is 2.66. The van der Waals surface area contributed by atoms with Gasteiger partial charge in [-0.25, -0.2) is 9.78 Å². The van der Waals surface area contributed by atoms with E-state index in [9.17, 15) is 20.1 Å². The molecule has 0 spiro atoms. The molecule has 2 aromatic heterocycles. The van der Waals surface area contributed by atoms with E-state index in [0.717, 1.165) is 35.3 Å². The van der Waals surface area contributed by atoms with Crippen LogP contribution in [0.25, 0.3) is 11.1 Å². The van der Waals surface area contributed by atoms with Gasteiger partial charge in [-0.2, -0.15) is 10.5 Å². The van der Waals surface area contributed by atoms with E-state index in [-0.39, 0.29) is 29.3 Å². The topological polar surface area (TPSA) is 142 Å². The summed E-state index contributed by atoms with van der Waals surface area (Å²) < 4.78 is 5.09. The Morgan fingerprint density at radius 3 is 2.47 bits per heavy atom. The molecule has 10 heteroatoms. The van der Waals surface area contributed by atoms with Gasteiger partial charge in [-0.1, -0.05) is 68.4 Å². The van der Waals surface area contributed by atoms with Crippen LogP contribution < -0.4 is 11.1 Å². The molecule has 228 valence electrons. The molecule has 1 aliphatic carbocycles. The fourth-order valence-electron chi connectivity index (χ4n) is 5.66. The predicted octanol–water partition coefficient (Wildman–Crippen LogP) is 7.44. The maximum absolute atomic E-state index is 13.1. The van der Waals surface area contributed by atoms with Gasteiger partial charge in [-0.15, -0.1) is 23.1 Å². The van der Waals surface area contributed by atoms with Crippen LogP contribution in [0.4, 0.5) is 10.8 Å². The zero-order valence-corrected chi connectivity index (χ0v) is 27.0. The minimum atomic E-state index is -0.458. The molecule has 0 fully saturated rings. The second kappa shape index (κ2) is 14.0. The highest BCUT2D eigenvalue weighted by Gasteiger charge is 2.31. The van der Waals surface area contributed by atoms with Gasteiger partial charge >= 0.3 is 5.97 Å². The monoisotopic (exact) mass is 635 g/mol. The summed E-state index contributed by atoms with van der Waals surface area (Å²) in [6, 6.07) is 22.4. The van der Waals surface area contributed by atoms with Crippen molar-refractivity contribution in [2.75, 3.05) is 23.9 Å². The van der Waals surface area contributed by atoms with E-state index in [1.807, 2.05) is 42.5 Å². The minimum Gasteiger partial charge on any atom is -0.465 e. The Morgan fingerprint density at radius 2 is 1.82 bits per heavy atom. The van der Waals surface area contributed by atoms with Gasteiger partial charge in [0.25, 0.3) is 0 Å². The smallest absolute Gasteiger partial charge is 0.341 e. The molecule has 5 rings (SSSR count). The molecule has 0 radical (unpaired) electrons. The number of esters is 1. The van der Waals surface area contributed by atoms with Gasteiger partial charge < -0.3 is 15.8 Å². The molecule has 1 atom stereocenters. The van der Waals surface area contributed by atoms with Gasteiger partial charge in [-0.05, 0) is 53.4 Å². The summed E-state index contributed by atoms with van der Waals surface area (Å²) in [5, 5.41) is 23.8. The number of nitrogens with zero attached hydrogens (tertiary/aromatic N) is 3. The Labute approximate surface area is 271 Å². The van der Waals surface area contributed by atoms with Crippen molar-refractivity contribution >= 4 is 45.8 Å². The number of amides is 1. The lowest BCUT2D eigenvalue weighted by Gasteiger charge is -2.22. The highest BCUT2D eigenvalue weighted by atomic mass is 32.2. The predicted molar refractivity (Wildman–Crippen MR) is 178 cm³/mol. The number of methoxy groups -OCH3 is 1. The second-order valence-corrected chi connectivity index (χ2v) is 13.3. The summed E-state index contributed by atoms with van der Waals surface area (Å²) in [5.74, 6) is 0.295. The molecule has 2 aromatic carbocycles. The normalized spacial score (nSPS) is 13.9. The van der Waals surface area contributed by atoms with Crippen molar-refractivity contribution in [2.45, 2.75) is 56.4 Å². The lowest BCUT2D eigenvalue weighted by Crippen LogP contribution is -2.16. The standard InChI is InChI=1S/C35H33N5O3S2/c1-20(2)21-9-11-23(12-10-21)30-26(18-36)32(38)40-33(27(30)19-37)44-16-15-29(41)39-34-31(35(42)43-3)25-14-13-24(17-28(25)45-34)22-7-5-4-6-8-22/h4-12,20,24H,13-17H2,1-3H3,(H2,38,40)(H,39,41). The van der Waals surface area contributed by atoms with Gasteiger partial charge in [0.05, 0.1) is 18.2 Å². The summed E-state index contributed by atoms with van der Waals surface area (Å²) in [6.07, 6.45) is 2.54. The number of hydrogen-bond donors (Lipinski definition) is 2. The number of nitrogens with two attached hydrogens (primary N) is 1. The zero-order chi connectivity index (χ0) is 32.1. The maximum atomic E-state index is 13.1. The number of thiophene rings is 1. The molecule has 1 unspecified atom stereocenters. The van der Waals surface area contributed by atoms with Crippen molar-refractivity contribution < 1.29 is 14.3 Å². The average molecular weight is 636 g/mol. The van der Waals surface area contributed by atoms with Gasteiger partial charge in [0.15, 0.2) is 0 Å². The van der Waals surface area contributed by atoms with E-state index in [1.54, 1.807) is 0 Å². The first-order valence-corrected chi connectivity index (χ1v) is 16.5. The van der Waals surface area contributed by atoms with Crippen molar-refractivity contribution in [1.29, 1.82) is 10.5 Å². The molecule has 1 aliphatic rings. The van der Waals surface area contributed by atoms with Crippen LogP contribution in [0.5, 0.6) is 0 Å². The first kappa shape index (κ1) is 31.8. The molecule has 4 aromatic rings. The number of nitrogen functional groups attached to an aromatic ring is 1. The number of hydrogen-bond acceptors (Lipinski definition) is 9.